The molecular formula is C21H26N10O13P2. The lowest BCUT2D eigenvalue weighted by atomic mass is 9.91. The Hall–Kier alpha value is -3.44. The summed E-state index contributed by atoms with van der Waals surface area (Å²) in [6, 6.07) is 0. The lowest BCUT2D eigenvalue weighted by Gasteiger charge is -2.42. The second-order valence-corrected chi connectivity index (χ2v) is 12.7. The molecule has 0 saturated carbocycles. The Labute approximate surface area is 255 Å². The van der Waals surface area contributed by atoms with Gasteiger partial charge in [0.1, 0.15) is 48.0 Å². The number of aliphatic hydroxyl groups excluding tert-OH is 2. The van der Waals surface area contributed by atoms with Gasteiger partial charge in [-0.2, -0.15) is 4.98 Å². The Morgan fingerprint density at radius 1 is 1.13 bits per heavy atom. The van der Waals surface area contributed by atoms with Crippen molar-refractivity contribution >= 4 is 50.2 Å². The molecule has 9 N–H and O–H groups in total. The molecule has 25 heteroatoms. The van der Waals surface area contributed by atoms with Gasteiger partial charge in [-0.05, 0) is 0 Å². The molecule has 3 aliphatic heterocycles. The largest absolute Gasteiger partial charge is 0.472 e. The van der Waals surface area contributed by atoms with Crippen LogP contribution in [-0.4, -0.2) is 115 Å². The number of H-pyrrole nitrogens is 1. The van der Waals surface area contributed by atoms with Gasteiger partial charge in [0, 0.05) is 0 Å². The van der Waals surface area contributed by atoms with Crippen LogP contribution >= 0.6 is 16.1 Å². The highest BCUT2D eigenvalue weighted by molar-refractivity contribution is 7.47. The van der Waals surface area contributed by atoms with Crippen LogP contribution in [0.3, 0.4) is 0 Å². The summed E-state index contributed by atoms with van der Waals surface area (Å²) in [7, 11) is -8.73. The number of hydrogen-bond acceptors (Lipinski definition) is 18. The van der Waals surface area contributed by atoms with Crippen molar-refractivity contribution < 1.29 is 56.9 Å². The van der Waals surface area contributed by atoms with E-state index in [1.54, 1.807) is 0 Å². The first-order valence-electron chi connectivity index (χ1n) is 13.4. The van der Waals surface area contributed by atoms with Crippen molar-refractivity contribution in [2.24, 2.45) is 0 Å². The second-order valence-electron chi connectivity index (χ2n) is 10.6. The number of fused-ring (bicyclic) bond motifs is 3. The predicted octanol–water partition coefficient (Wildman–Crippen LogP) is -2.69. The Bertz CT molecular complexity index is 1940. The first-order valence-corrected chi connectivity index (χ1v) is 16.1. The lowest BCUT2D eigenvalue weighted by molar-refractivity contribution is -0.245. The normalized spacial score (nSPS) is 32.8. The van der Waals surface area contributed by atoms with Crippen LogP contribution in [0.4, 0.5) is 11.8 Å². The molecule has 0 aliphatic carbocycles. The van der Waals surface area contributed by atoms with Gasteiger partial charge in [0.05, 0.1) is 32.5 Å². The van der Waals surface area contributed by atoms with E-state index in [2.05, 4.69) is 29.9 Å². The number of rotatable bonds is 10. The van der Waals surface area contributed by atoms with Gasteiger partial charge >= 0.3 is 16.1 Å². The maximum Gasteiger partial charge on any atom is 0.472 e. The lowest BCUT2D eigenvalue weighted by Crippen LogP contribution is -2.61. The third-order valence-electron chi connectivity index (χ3n) is 7.82. The van der Waals surface area contributed by atoms with Crippen LogP contribution < -0.4 is 17.0 Å². The summed E-state index contributed by atoms with van der Waals surface area (Å²) in [5.74, 6) is -0.187. The van der Waals surface area contributed by atoms with E-state index in [0.717, 1.165) is 6.33 Å². The Balaban J connectivity index is 1.13. The molecule has 0 radical (unpaired) electrons. The highest BCUT2D eigenvalue weighted by atomic mass is 31.2. The molecule has 3 aliphatic rings. The molecule has 0 bridgehead atoms. The number of anilines is 2. The summed E-state index contributed by atoms with van der Waals surface area (Å²) >= 11 is 0. The van der Waals surface area contributed by atoms with Gasteiger partial charge in [0.25, 0.3) is 5.56 Å². The summed E-state index contributed by atoms with van der Waals surface area (Å²) in [5, 5.41) is 21.1. The molecule has 4 aromatic rings. The predicted molar refractivity (Wildman–Crippen MR) is 149 cm³/mol. The SMILES string of the molecule is Nc1nc2c(ncn2[C@@H]2O[C@@]3(CO)COC3C2OP(=O)(O)OC[C@H]2O[C@@H](n3cnc4c(N)ncnc43)C(O)C2O[PH](=O)O)c(=O)[nH]1. The van der Waals surface area contributed by atoms with E-state index in [9.17, 15) is 33.9 Å². The topological polar surface area (TPSA) is 330 Å². The highest BCUT2D eigenvalue weighted by Crippen LogP contribution is 2.55. The first-order chi connectivity index (χ1) is 21.9. The van der Waals surface area contributed by atoms with Gasteiger partial charge in [-0.15, -0.1) is 0 Å². The molecule has 0 amide bonds. The number of nitrogens with zero attached hydrogens (tertiary/aromatic N) is 7. The first kappa shape index (κ1) is 31.2. The standard InChI is InChI=1S/C21H26N10O13P2/c22-14-8-15(25-4-24-14)30(5-26-8)18-10(33)11(43-45(35)36)7(41-18)1-40-46(37,38)44-12-13-21(2-32,3-39-13)42-19(12)31-6-27-9-16(31)28-20(23)29-17(9)34/h4-7,10-13,18-19,32-33,45H,1-3H2,(H,35,36)(H,37,38)(H2,22,24,25)(H3,23,28,29,34)/t7-,10?,11?,12?,13?,18-,19-,21+/m1/s1. The summed E-state index contributed by atoms with van der Waals surface area (Å²) < 4.78 is 60.6. The summed E-state index contributed by atoms with van der Waals surface area (Å²) in [6.45, 7) is -1.43. The maximum atomic E-state index is 13.3. The van der Waals surface area contributed by atoms with E-state index in [1.165, 1.54) is 21.8 Å². The van der Waals surface area contributed by atoms with Gasteiger partial charge in [0.2, 0.25) is 5.95 Å². The molecule has 248 valence electrons. The highest BCUT2D eigenvalue weighted by Gasteiger charge is 2.65. The minimum Gasteiger partial charge on any atom is -0.393 e. The van der Waals surface area contributed by atoms with Crippen LogP contribution in [0.25, 0.3) is 22.3 Å². The van der Waals surface area contributed by atoms with Crippen molar-refractivity contribution in [3.63, 3.8) is 0 Å². The smallest absolute Gasteiger partial charge is 0.393 e. The van der Waals surface area contributed by atoms with E-state index in [1.807, 2.05) is 0 Å². The number of phosphoric ester groups is 1. The van der Waals surface area contributed by atoms with Crippen LogP contribution in [0.15, 0.2) is 23.8 Å². The Morgan fingerprint density at radius 2 is 1.87 bits per heavy atom. The molecular weight excluding hydrogens is 662 g/mol. The molecule has 23 nitrogen and oxygen atoms in total. The molecule has 7 heterocycles. The van der Waals surface area contributed by atoms with Crippen molar-refractivity contribution in [1.29, 1.82) is 0 Å². The van der Waals surface area contributed by atoms with Crippen LogP contribution in [0.1, 0.15) is 12.5 Å². The Morgan fingerprint density at radius 3 is 2.57 bits per heavy atom. The zero-order valence-electron chi connectivity index (χ0n) is 23.1. The van der Waals surface area contributed by atoms with Gasteiger partial charge in [0.15, 0.2) is 35.1 Å². The molecule has 6 unspecified atom stereocenters. The number of aromatic amines is 1. The summed E-state index contributed by atoms with van der Waals surface area (Å²) in [4.78, 5) is 55.0. The number of nitrogens with two attached hydrogens (primary N) is 2. The number of ether oxygens (including phenoxy) is 3. The number of phosphoric acid groups is 1. The number of aliphatic hydroxyl groups is 2. The minimum absolute atomic E-state index is 0.0411. The van der Waals surface area contributed by atoms with Gasteiger partial charge in [-0.3, -0.25) is 32.5 Å². The zero-order chi connectivity index (χ0) is 32.5. The Kier molecular flexibility index (Phi) is 7.70. The third kappa shape index (κ3) is 5.10. The second kappa shape index (κ2) is 11.4. The molecule has 10 atom stereocenters. The zero-order valence-corrected chi connectivity index (χ0v) is 25.0. The van der Waals surface area contributed by atoms with E-state index in [0.29, 0.717) is 0 Å². The van der Waals surface area contributed by atoms with Crippen LogP contribution in [0.2, 0.25) is 0 Å². The fraction of sp³-hybridized carbons (Fsp3) is 0.524. The molecule has 3 fully saturated rings. The quantitative estimate of drug-likeness (QED) is 0.0834. The van der Waals surface area contributed by atoms with E-state index in [4.69, 9.17) is 39.2 Å². The number of hydrogen-bond donors (Lipinski definition) is 7. The van der Waals surface area contributed by atoms with Crippen molar-refractivity contribution in [2.45, 2.75) is 48.6 Å². The summed E-state index contributed by atoms with van der Waals surface area (Å²) in [6.07, 6.45) is -6.07. The maximum absolute atomic E-state index is 13.3. The number of aromatic nitrogens is 8. The van der Waals surface area contributed by atoms with E-state index < -0.39 is 83.4 Å². The van der Waals surface area contributed by atoms with Crippen LogP contribution in [-0.2, 0) is 36.9 Å². The summed E-state index contributed by atoms with van der Waals surface area (Å²) in [5.41, 5.74) is 9.74. The monoisotopic (exact) mass is 688 g/mol. The van der Waals surface area contributed by atoms with Crippen LogP contribution in [0, 0.1) is 0 Å². The van der Waals surface area contributed by atoms with Crippen molar-refractivity contribution in [3.05, 3.63) is 29.3 Å². The molecule has 46 heavy (non-hydrogen) atoms. The average molecular weight is 688 g/mol. The third-order valence-corrected chi connectivity index (χ3v) is 9.28. The van der Waals surface area contributed by atoms with Crippen LogP contribution in [0.5, 0.6) is 0 Å². The van der Waals surface area contributed by atoms with E-state index >= 15 is 0 Å². The van der Waals surface area contributed by atoms with Crippen molar-refractivity contribution in [3.8, 4) is 0 Å². The fourth-order valence-electron chi connectivity index (χ4n) is 5.70. The van der Waals surface area contributed by atoms with Gasteiger partial charge < -0.3 is 50.2 Å². The minimum atomic E-state index is -5.08. The molecule has 0 spiro atoms. The molecule has 4 aromatic heterocycles. The molecule has 3 saturated heterocycles. The number of imidazole rings is 2. The molecule has 7 rings (SSSR count). The van der Waals surface area contributed by atoms with Crippen molar-refractivity contribution in [2.75, 3.05) is 31.3 Å². The molecule has 0 aromatic carbocycles. The van der Waals surface area contributed by atoms with Gasteiger partial charge in [-0.1, -0.05) is 0 Å². The van der Waals surface area contributed by atoms with Crippen molar-refractivity contribution in [1.82, 2.24) is 39.0 Å². The number of nitrogen functional groups attached to an aromatic ring is 2. The fourth-order valence-corrected chi connectivity index (χ4v) is 7.14. The number of nitrogens with one attached hydrogen (secondary N) is 1. The van der Waals surface area contributed by atoms with Gasteiger partial charge in [-0.25, -0.2) is 24.5 Å². The average Bonchev–Trinajstić information content (AvgIpc) is 3.72. The van der Waals surface area contributed by atoms with E-state index in [-0.39, 0.29) is 40.7 Å².